The van der Waals surface area contributed by atoms with E-state index in [1.165, 1.54) is 0 Å². The van der Waals surface area contributed by atoms with Crippen molar-refractivity contribution < 1.29 is 14.3 Å². The van der Waals surface area contributed by atoms with Gasteiger partial charge in [0.25, 0.3) is 5.91 Å². The third-order valence-corrected chi connectivity index (χ3v) is 5.24. The molecular formula is C20H23N3O3. The van der Waals surface area contributed by atoms with Gasteiger partial charge in [0.05, 0.1) is 31.9 Å². The molecule has 4 rings (SSSR count). The van der Waals surface area contributed by atoms with E-state index in [2.05, 4.69) is 9.97 Å². The van der Waals surface area contributed by atoms with Gasteiger partial charge >= 0.3 is 0 Å². The zero-order chi connectivity index (χ0) is 18.0. The maximum Gasteiger partial charge on any atom is 0.255 e. The Morgan fingerprint density at radius 1 is 1.35 bits per heavy atom. The molecule has 2 aromatic rings. The first-order chi connectivity index (χ1) is 12.7. The summed E-state index contributed by atoms with van der Waals surface area (Å²) >= 11 is 0. The number of hydrogen-bond acceptors (Lipinski definition) is 5. The van der Waals surface area contributed by atoms with E-state index in [-0.39, 0.29) is 11.5 Å². The molecular weight excluding hydrogens is 330 g/mol. The van der Waals surface area contributed by atoms with Crippen molar-refractivity contribution in [1.82, 2.24) is 14.9 Å². The van der Waals surface area contributed by atoms with E-state index >= 15 is 0 Å². The monoisotopic (exact) mass is 353 g/mol. The highest BCUT2D eigenvalue weighted by molar-refractivity contribution is 5.94. The molecule has 1 unspecified atom stereocenters. The first-order valence-corrected chi connectivity index (χ1v) is 8.98. The number of rotatable bonds is 5. The van der Waals surface area contributed by atoms with Gasteiger partial charge in [-0.1, -0.05) is 6.07 Å². The lowest BCUT2D eigenvalue weighted by Gasteiger charge is -2.50. The number of likely N-dealkylation sites (tertiary alicyclic amines) is 1. The van der Waals surface area contributed by atoms with Crippen molar-refractivity contribution in [3.8, 4) is 0 Å². The van der Waals surface area contributed by atoms with Crippen LogP contribution in [0.5, 0.6) is 0 Å². The van der Waals surface area contributed by atoms with Gasteiger partial charge in [0.1, 0.15) is 5.60 Å². The molecule has 2 saturated heterocycles. The topological polar surface area (TPSA) is 64.6 Å². The molecule has 26 heavy (non-hydrogen) atoms. The number of hydrogen-bond donors (Lipinski definition) is 0. The van der Waals surface area contributed by atoms with Crippen LogP contribution in [-0.4, -0.2) is 52.7 Å². The number of amides is 1. The van der Waals surface area contributed by atoms with Crippen molar-refractivity contribution in [2.75, 3.05) is 26.3 Å². The smallest absolute Gasteiger partial charge is 0.255 e. The van der Waals surface area contributed by atoms with Gasteiger partial charge in [0.15, 0.2) is 0 Å². The number of ether oxygens (including phenoxy) is 2. The van der Waals surface area contributed by atoms with Crippen LogP contribution in [0.4, 0.5) is 0 Å². The molecule has 6 nitrogen and oxygen atoms in total. The molecule has 136 valence electrons. The highest BCUT2D eigenvalue weighted by Gasteiger charge is 2.54. The second kappa shape index (κ2) is 7.13. The fourth-order valence-electron chi connectivity index (χ4n) is 3.77. The lowest BCUT2D eigenvalue weighted by atomic mass is 9.81. The van der Waals surface area contributed by atoms with Crippen LogP contribution in [0.15, 0.2) is 43.0 Å². The molecule has 0 N–H and O–H groups in total. The molecule has 1 atom stereocenters. The predicted molar refractivity (Wildman–Crippen MR) is 95.6 cm³/mol. The number of carbonyl (C=O) groups is 1. The Labute approximate surface area is 153 Å². The van der Waals surface area contributed by atoms with Gasteiger partial charge in [0.2, 0.25) is 0 Å². The first kappa shape index (κ1) is 17.1. The third kappa shape index (κ3) is 3.34. The van der Waals surface area contributed by atoms with Gasteiger partial charge in [-0.3, -0.25) is 14.8 Å². The van der Waals surface area contributed by atoms with E-state index in [1.54, 1.807) is 18.6 Å². The van der Waals surface area contributed by atoms with E-state index in [4.69, 9.17) is 9.47 Å². The lowest BCUT2D eigenvalue weighted by Crippen LogP contribution is -2.66. The van der Waals surface area contributed by atoms with Crippen molar-refractivity contribution >= 4 is 5.91 Å². The summed E-state index contributed by atoms with van der Waals surface area (Å²) in [6.45, 7) is 5.12. The molecule has 0 aromatic carbocycles. The van der Waals surface area contributed by atoms with Crippen molar-refractivity contribution in [2.24, 2.45) is 5.92 Å². The maximum absolute atomic E-state index is 12.6. The summed E-state index contributed by atoms with van der Waals surface area (Å²) in [6, 6.07) is 5.80. The molecule has 2 aromatic heterocycles. The summed E-state index contributed by atoms with van der Waals surface area (Å²) in [5.74, 6) is 0.344. The Morgan fingerprint density at radius 3 is 3.00 bits per heavy atom. The fraction of sp³-hybridized carbons (Fsp3) is 0.450. The quantitative estimate of drug-likeness (QED) is 0.825. The summed E-state index contributed by atoms with van der Waals surface area (Å²) in [4.78, 5) is 22.7. The molecule has 0 aliphatic carbocycles. The Balaban J connectivity index is 1.32. The minimum atomic E-state index is -0.248. The van der Waals surface area contributed by atoms with Crippen LogP contribution >= 0.6 is 0 Å². The highest BCUT2D eigenvalue weighted by atomic mass is 16.5. The van der Waals surface area contributed by atoms with Crippen LogP contribution < -0.4 is 0 Å². The number of carbonyl (C=O) groups excluding carboxylic acids is 1. The van der Waals surface area contributed by atoms with E-state index in [1.807, 2.05) is 36.2 Å². The Morgan fingerprint density at radius 2 is 2.23 bits per heavy atom. The molecule has 0 saturated carbocycles. The van der Waals surface area contributed by atoms with E-state index in [0.29, 0.717) is 37.8 Å². The SMILES string of the molecule is Cc1cncc(C(=O)N2CC3(C2)OCCC3COCc2cccnc2)c1. The fourth-order valence-corrected chi connectivity index (χ4v) is 3.77. The number of nitrogens with zero attached hydrogens (tertiary/aromatic N) is 3. The summed E-state index contributed by atoms with van der Waals surface area (Å²) in [5, 5.41) is 0. The minimum Gasteiger partial charge on any atom is -0.376 e. The van der Waals surface area contributed by atoms with Crippen LogP contribution in [0, 0.1) is 12.8 Å². The molecule has 1 amide bonds. The van der Waals surface area contributed by atoms with Crippen molar-refractivity contribution in [3.05, 3.63) is 59.7 Å². The van der Waals surface area contributed by atoms with Gasteiger partial charge in [-0.05, 0) is 36.6 Å². The van der Waals surface area contributed by atoms with Gasteiger partial charge < -0.3 is 14.4 Å². The highest BCUT2D eigenvalue weighted by Crippen LogP contribution is 2.40. The molecule has 2 fully saturated rings. The lowest BCUT2D eigenvalue weighted by molar-refractivity contribution is -0.129. The van der Waals surface area contributed by atoms with E-state index in [9.17, 15) is 4.79 Å². The zero-order valence-corrected chi connectivity index (χ0v) is 14.9. The van der Waals surface area contributed by atoms with Crippen LogP contribution in [0.3, 0.4) is 0 Å². The standard InChI is InChI=1S/C20H23N3O3/c1-15-7-17(10-22-8-15)19(24)23-13-20(14-23)18(4-6-26-20)12-25-11-16-3-2-5-21-9-16/h2-3,5,7-10,18H,4,6,11-14H2,1H3. The molecule has 0 bridgehead atoms. The first-order valence-electron chi connectivity index (χ1n) is 8.98. The number of aromatic nitrogens is 2. The average Bonchev–Trinajstić information content (AvgIpc) is 3.05. The van der Waals surface area contributed by atoms with Crippen molar-refractivity contribution in [1.29, 1.82) is 0 Å². The third-order valence-electron chi connectivity index (χ3n) is 5.24. The maximum atomic E-state index is 12.6. The Kier molecular flexibility index (Phi) is 4.70. The number of pyridine rings is 2. The minimum absolute atomic E-state index is 0.0253. The molecule has 2 aliphatic rings. The normalized spacial score (nSPS) is 21.0. The van der Waals surface area contributed by atoms with Gasteiger partial charge in [-0.15, -0.1) is 0 Å². The molecule has 1 spiro atoms. The Hall–Kier alpha value is -2.31. The summed E-state index contributed by atoms with van der Waals surface area (Å²) < 4.78 is 11.9. The molecule has 2 aliphatic heterocycles. The molecule has 6 heteroatoms. The second-order valence-electron chi connectivity index (χ2n) is 7.19. The largest absolute Gasteiger partial charge is 0.376 e. The van der Waals surface area contributed by atoms with Crippen LogP contribution in [0.25, 0.3) is 0 Å². The van der Waals surface area contributed by atoms with E-state index in [0.717, 1.165) is 24.2 Å². The Bertz CT molecular complexity index is 775. The zero-order valence-electron chi connectivity index (χ0n) is 14.9. The van der Waals surface area contributed by atoms with Crippen LogP contribution in [-0.2, 0) is 16.1 Å². The summed E-state index contributed by atoms with van der Waals surface area (Å²) in [6.07, 6.45) is 7.93. The summed E-state index contributed by atoms with van der Waals surface area (Å²) in [5.41, 5.74) is 2.45. The van der Waals surface area contributed by atoms with Crippen LogP contribution in [0.1, 0.15) is 27.9 Å². The average molecular weight is 353 g/mol. The molecule has 4 heterocycles. The van der Waals surface area contributed by atoms with Gasteiger partial charge in [-0.2, -0.15) is 0 Å². The second-order valence-corrected chi connectivity index (χ2v) is 7.19. The van der Waals surface area contributed by atoms with Gasteiger partial charge in [0, 0.05) is 37.3 Å². The molecule has 0 radical (unpaired) electrons. The van der Waals surface area contributed by atoms with E-state index < -0.39 is 0 Å². The van der Waals surface area contributed by atoms with Crippen LogP contribution in [0.2, 0.25) is 0 Å². The number of aryl methyl sites for hydroxylation is 1. The van der Waals surface area contributed by atoms with Crippen molar-refractivity contribution in [3.63, 3.8) is 0 Å². The summed E-state index contributed by atoms with van der Waals surface area (Å²) in [7, 11) is 0. The van der Waals surface area contributed by atoms with Gasteiger partial charge in [-0.25, -0.2) is 0 Å². The van der Waals surface area contributed by atoms with Crippen molar-refractivity contribution in [2.45, 2.75) is 25.6 Å². The predicted octanol–water partition coefficient (Wildman–Crippen LogP) is 2.23.